The minimum absolute atomic E-state index is 0.0248. The molecule has 2 aromatic carbocycles. The quantitative estimate of drug-likeness (QED) is 0.176. The first-order valence-electron chi connectivity index (χ1n) is 15.0. The molecule has 13 nitrogen and oxygen atoms in total. The fraction of sp³-hybridized carbons (Fsp3) is 0.278. The molecule has 4 bridgehead atoms. The molecule has 2 aromatic rings. The Morgan fingerprint density at radius 3 is 1.92 bits per heavy atom. The highest BCUT2D eigenvalue weighted by atomic mass is 16.6. The van der Waals surface area contributed by atoms with Crippen LogP contribution in [0.25, 0.3) is 0 Å². The largest absolute Gasteiger partial charge is 0.499 e. The molecule has 0 aromatic heterocycles. The number of carboxylic acid groups (broad SMARTS) is 1. The summed E-state index contributed by atoms with van der Waals surface area (Å²) in [6.45, 7) is 4.99. The summed E-state index contributed by atoms with van der Waals surface area (Å²) in [5.74, 6) is 3.79. The number of esters is 3. The monoisotopic (exact) mass is 663 g/mol. The number of ketones is 2. The van der Waals surface area contributed by atoms with Crippen molar-refractivity contribution in [2.24, 2.45) is 11.8 Å². The van der Waals surface area contributed by atoms with Crippen LogP contribution in [-0.2, 0) is 34.3 Å². The third-order valence-corrected chi connectivity index (χ3v) is 9.24. The van der Waals surface area contributed by atoms with Crippen molar-refractivity contribution in [3.8, 4) is 40.9 Å². The molecule has 1 saturated heterocycles. The van der Waals surface area contributed by atoms with Crippen LogP contribution in [0.4, 0.5) is 5.69 Å². The van der Waals surface area contributed by atoms with Crippen LogP contribution in [0.3, 0.4) is 0 Å². The van der Waals surface area contributed by atoms with Crippen molar-refractivity contribution in [3.05, 3.63) is 69.5 Å². The Labute approximate surface area is 278 Å². The van der Waals surface area contributed by atoms with Gasteiger partial charge < -0.3 is 34.1 Å². The Morgan fingerprint density at radius 2 is 1.37 bits per heavy atom. The van der Waals surface area contributed by atoms with Crippen molar-refractivity contribution < 1.29 is 57.6 Å². The molecule has 0 unspecified atom stereocenters. The van der Waals surface area contributed by atoms with Gasteiger partial charge in [-0.15, -0.1) is 0 Å². The van der Waals surface area contributed by atoms with Gasteiger partial charge in [-0.05, 0) is 30.4 Å². The molecule has 2 aliphatic heterocycles. The van der Waals surface area contributed by atoms with Crippen LogP contribution in [0.15, 0.2) is 41.7 Å². The first kappa shape index (κ1) is 31.4. The molecule has 7 rings (SSSR count). The van der Waals surface area contributed by atoms with Gasteiger partial charge in [-0.3, -0.25) is 24.0 Å². The number of rotatable bonds is 5. The predicted molar refractivity (Wildman–Crippen MR) is 166 cm³/mol. The number of methoxy groups -OCH3 is 1. The highest BCUT2D eigenvalue weighted by Crippen LogP contribution is 2.74. The second-order valence-electron chi connectivity index (χ2n) is 11.9. The number of ether oxygens (including phenoxy) is 5. The molecule has 2 N–H and O–H groups in total. The van der Waals surface area contributed by atoms with E-state index in [1.807, 2.05) is 0 Å². The summed E-state index contributed by atoms with van der Waals surface area (Å²) in [5, 5.41) is 13.6. The highest BCUT2D eigenvalue weighted by Gasteiger charge is 2.85. The summed E-state index contributed by atoms with van der Waals surface area (Å²) in [5.41, 5.74) is -4.00. The Kier molecular flexibility index (Phi) is 6.84. The summed E-state index contributed by atoms with van der Waals surface area (Å²) in [4.78, 5) is 78.6. The summed E-state index contributed by atoms with van der Waals surface area (Å²) in [7, 11) is 1.32. The Balaban J connectivity index is 1.59. The average Bonchev–Trinajstić information content (AvgIpc) is 3.75. The van der Waals surface area contributed by atoms with Gasteiger partial charge in [0, 0.05) is 32.3 Å². The number of benzene rings is 2. The first-order chi connectivity index (χ1) is 23.3. The summed E-state index contributed by atoms with van der Waals surface area (Å²) in [6, 6.07) is 2.85. The molecule has 0 radical (unpaired) electrons. The van der Waals surface area contributed by atoms with Crippen molar-refractivity contribution in [2.75, 3.05) is 12.4 Å². The smallest absolute Gasteiger partial charge is 0.335 e. The molecule has 5 atom stereocenters. The van der Waals surface area contributed by atoms with E-state index in [2.05, 4.69) is 29.0 Å². The first-order valence-corrected chi connectivity index (χ1v) is 15.0. The average molecular weight is 664 g/mol. The van der Waals surface area contributed by atoms with E-state index >= 15 is 0 Å². The highest BCUT2D eigenvalue weighted by molar-refractivity contribution is 6.33. The number of nitrogens with one attached hydrogen (secondary N) is 1. The second-order valence-corrected chi connectivity index (χ2v) is 11.9. The lowest BCUT2D eigenvalue weighted by Gasteiger charge is -2.43. The van der Waals surface area contributed by atoms with Gasteiger partial charge in [-0.1, -0.05) is 30.6 Å². The lowest BCUT2D eigenvalue weighted by Crippen LogP contribution is -2.55. The van der Waals surface area contributed by atoms with Crippen molar-refractivity contribution in [2.45, 2.75) is 44.9 Å². The zero-order chi connectivity index (χ0) is 35.2. The van der Waals surface area contributed by atoms with Crippen LogP contribution in [0.2, 0.25) is 0 Å². The number of anilines is 1. The molecule has 0 saturated carbocycles. The van der Waals surface area contributed by atoms with Gasteiger partial charge in [0.1, 0.15) is 46.2 Å². The van der Waals surface area contributed by atoms with E-state index in [0.29, 0.717) is 0 Å². The van der Waals surface area contributed by atoms with E-state index in [1.165, 1.54) is 37.5 Å². The molecule has 246 valence electrons. The number of carbonyl (C=O) groups is 6. The topological polar surface area (TPSA) is 184 Å². The van der Waals surface area contributed by atoms with E-state index < -0.39 is 64.5 Å². The molecule has 3 aliphatic carbocycles. The third kappa shape index (κ3) is 4.12. The van der Waals surface area contributed by atoms with Crippen molar-refractivity contribution >= 4 is 41.1 Å². The minimum Gasteiger partial charge on any atom is -0.499 e. The number of hydrogen-bond acceptors (Lipinski definition) is 12. The van der Waals surface area contributed by atoms with Crippen LogP contribution in [0.1, 0.15) is 65.1 Å². The summed E-state index contributed by atoms with van der Waals surface area (Å²) >= 11 is 0. The van der Waals surface area contributed by atoms with E-state index in [1.54, 1.807) is 6.92 Å². The summed E-state index contributed by atoms with van der Waals surface area (Å²) < 4.78 is 28.6. The van der Waals surface area contributed by atoms with Crippen molar-refractivity contribution in [3.63, 3.8) is 0 Å². The number of allylic oxidation sites excluding steroid dienone is 2. The number of carboxylic acids is 1. The van der Waals surface area contributed by atoms with Gasteiger partial charge >= 0.3 is 23.9 Å². The number of aliphatic carboxylic acids is 1. The van der Waals surface area contributed by atoms with E-state index in [-0.39, 0.29) is 62.1 Å². The van der Waals surface area contributed by atoms with Gasteiger partial charge in [0.25, 0.3) is 0 Å². The molecule has 2 heterocycles. The van der Waals surface area contributed by atoms with E-state index in [9.17, 15) is 33.9 Å². The maximum Gasteiger partial charge on any atom is 0.335 e. The molecule has 0 amide bonds. The molecule has 0 spiro atoms. The fourth-order valence-electron chi connectivity index (χ4n) is 7.61. The molecule has 5 aliphatic rings. The lowest BCUT2D eigenvalue weighted by atomic mass is 9.59. The molecule has 13 heteroatoms. The Morgan fingerprint density at radius 1 is 0.837 bits per heavy atom. The molecule has 49 heavy (non-hydrogen) atoms. The summed E-state index contributed by atoms with van der Waals surface area (Å²) in [6.07, 6.45) is 3.01. The number of hydrogen-bond donors (Lipinski definition) is 2. The van der Waals surface area contributed by atoms with Crippen molar-refractivity contribution in [1.82, 2.24) is 0 Å². The lowest BCUT2D eigenvalue weighted by molar-refractivity contribution is -0.134. The van der Waals surface area contributed by atoms with Gasteiger partial charge in [0.15, 0.2) is 0 Å². The van der Waals surface area contributed by atoms with Crippen molar-refractivity contribution in [1.29, 1.82) is 0 Å². The van der Waals surface area contributed by atoms with Crippen LogP contribution < -0.4 is 19.5 Å². The van der Waals surface area contributed by atoms with Crippen LogP contribution in [0, 0.1) is 35.5 Å². The number of fused-ring (bicyclic) bond motifs is 4. The zero-order valence-corrected chi connectivity index (χ0v) is 26.6. The number of epoxide rings is 1. The number of carbonyl (C=O) groups excluding carboxylic acids is 5. The standard InChI is InChI=1S/C36H25NO12/c1-15-25(34(43)44)33(45-5)19-10-8-6-7-9-11-24-35(15)36(19,49-35)20-14-23(48-18(4)40)28-29(30(20)37-24)32(42)27-22(47-17(3)39)13-12-21(46-16(2)38)26(27)31(28)41/h6-7,12-15,19,24,37H,1-5H3,(H,43,44)/b7-6-/t15-,19+,24-,35-,36+/m0/s1. The Bertz CT molecular complexity index is 2200. The SMILES string of the molecule is COC1=C(C(=O)O)[C@H](C)[C@@]23O[C@]24c2cc(OC(C)=O)c5c(c2N[C@H]3C#C/C=C\C#C[C@H]14)C(=O)c1c(OC(C)=O)ccc(OC(C)=O)c1C5=O. The maximum absolute atomic E-state index is 14.8. The van der Waals surface area contributed by atoms with E-state index in [0.717, 1.165) is 20.8 Å². The third-order valence-electron chi connectivity index (χ3n) is 9.24. The molecular formula is C36H25NO12. The van der Waals surface area contributed by atoms with E-state index in [4.69, 9.17) is 23.7 Å². The van der Waals surface area contributed by atoms with Gasteiger partial charge in [0.05, 0.1) is 40.6 Å². The van der Waals surface area contributed by atoms with Gasteiger partial charge in [-0.25, -0.2) is 4.79 Å². The van der Waals surface area contributed by atoms with Gasteiger partial charge in [0.2, 0.25) is 11.6 Å². The normalized spacial score (nSPS) is 26.7. The maximum atomic E-state index is 14.8. The zero-order valence-electron chi connectivity index (χ0n) is 26.6. The predicted octanol–water partition coefficient (Wildman–Crippen LogP) is 2.82. The Hall–Kier alpha value is -6.18. The fourth-order valence-corrected chi connectivity index (χ4v) is 7.61. The van der Waals surface area contributed by atoms with Crippen LogP contribution in [-0.4, -0.2) is 59.3 Å². The van der Waals surface area contributed by atoms with Gasteiger partial charge in [-0.2, -0.15) is 0 Å². The van der Waals surface area contributed by atoms with Crippen LogP contribution >= 0.6 is 0 Å². The molecular weight excluding hydrogens is 638 g/mol. The van der Waals surface area contributed by atoms with Crippen LogP contribution in [0.5, 0.6) is 17.2 Å². The minimum atomic E-state index is -1.51. The molecule has 1 fully saturated rings. The second kappa shape index (κ2) is 10.7.